The molecule has 13 rings (SSSR count). The first kappa shape index (κ1) is 36.9. The summed E-state index contributed by atoms with van der Waals surface area (Å²) in [6.45, 7) is 0. The molecular weight excluding hydrogens is 787 g/mol. The maximum absolute atomic E-state index is 5.23. The van der Waals surface area contributed by atoms with Gasteiger partial charge in [0, 0.05) is 28.0 Å². The number of fused-ring (bicyclic) bond motifs is 8. The second-order valence-electron chi connectivity index (χ2n) is 16.8. The van der Waals surface area contributed by atoms with Gasteiger partial charge in [-0.3, -0.25) is 4.57 Å². The van der Waals surface area contributed by atoms with Crippen molar-refractivity contribution in [3.05, 3.63) is 237 Å². The van der Waals surface area contributed by atoms with Gasteiger partial charge in [-0.1, -0.05) is 218 Å². The van der Waals surface area contributed by atoms with Crippen molar-refractivity contribution in [2.75, 3.05) is 0 Å². The third-order valence-corrected chi connectivity index (χ3v) is 13.2. The van der Waals surface area contributed by atoms with Crippen molar-refractivity contribution in [1.29, 1.82) is 0 Å². The van der Waals surface area contributed by atoms with Crippen molar-refractivity contribution < 1.29 is 0 Å². The number of hydrogen-bond donors (Lipinski definition) is 0. The third kappa shape index (κ3) is 5.97. The summed E-state index contributed by atoms with van der Waals surface area (Å²) in [6.07, 6.45) is 0. The van der Waals surface area contributed by atoms with Crippen LogP contribution in [-0.2, 0) is 0 Å². The van der Waals surface area contributed by atoms with Gasteiger partial charge in [0.05, 0.1) is 16.7 Å². The Morgan fingerprint density at radius 1 is 0.292 bits per heavy atom. The molecule has 0 unspecified atom stereocenters. The van der Waals surface area contributed by atoms with Crippen molar-refractivity contribution in [1.82, 2.24) is 14.5 Å². The summed E-state index contributed by atoms with van der Waals surface area (Å²) in [5.74, 6) is 1.53. The van der Waals surface area contributed by atoms with Crippen LogP contribution in [0.3, 0.4) is 0 Å². The Hall–Kier alpha value is -8.66. The highest BCUT2D eigenvalue weighted by atomic mass is 15.1. The number of para-hydroxylation sites is 2. The zero-order valence-corrected chi connectivity index (χ0v) is 35.4. The molecule has 0 amide bonds. The maximum atomic E-state index is 5.23. The molecule has 3 heteroatoms. The fraction of sp³-hybridized carbons (Fsp3) is 0. The SMILES string of the molecule is c1ccc(-c2nc(-c3ccc(-c4ccc(-c5c6ccccc6c(-c6ccccc6)c6c5ccc5ccccc56)c5ccccc45)cc3)cc(-n3c4ccccc4c4ccccc43)n2)cc1. The highest BCUT2D eigenvalue weighted by Gasteiger charge is 2.21. The smallest absolute Gasteiger partial charge is 0.162 e. The molecule has 0 fully saturated rings. The Kier molecular flexibility index (Phi) is 8.53. The van der Waals surface area contributed by atoms with E-state index in [1.54, 1.807) is 0 Å². The second kappa shape index (κ2) is 15.0. The molecule has 0 aliphatic rings. The monoisotopic (exact) mass is 825 g/mol. The molecule has 0 atom stereocenters. The quantitative estimate of drug-likeness (QED) is 0.123. The van der Waals surface area contributed by atoms with Crippen molar-refractivity contribution in [3.63, 3.8) is 0 Å². The van der Waals surface area contributed by atoms with Crippen LogP contribution < -0.4 is 0 Å². The predicted octanol–water partition coefficient (Wildman–Crippen LogP) is 16.5. The van der Waals surface area contributed by atoms with Crippen molar-refractivity contribution >= 4 is 64.9 Å². The molecule has 0 spiro atoms. The Morgan fingerprint density at radius 2 is 0.800 bits per heavy atom. The molecule has 2 heterocycles. The van der Waals surface area contributed by atoms with Crippen LogP contribution in [-0.4, -0.2) is 14.5 Å². The molecule has 2 aromatic heterocycles. The minimum absolute atomic E-state index is 0.690. The normalized spacial score (nSPS) is 11.7. The summed E-state index contributed by atoms with van der Waals surface area (Å²) in [5.41, 5.74) is 12.4. The van der Waals surface area contributed by atoms with E-state index in [0.29, 0.717) is 5.82 Å². The van der Waals surface area contributed by atoms with Gasteiger partial charge in [-0.2, -0.15) is 0 Å². The lowest BCUT2D eigenvalue weighted by Crippen LogP contribution is -2.02. The van der Waals surface area contributed by atoms with Crippen LogP contribution in [0.2, 0.25) is 0 Å². The molecular formula is C62H39N3. The average molecular weight is 826 g/mol. The first-order chi connectivity index (χ1) is 32.3. The fourth-order valence-electron chi connectivity index (χ4n) is 10.3. The number of rotatable bonds is 6. The van der Waals surface area contributed by atoms with Crippen LogP contribution in [0.25, 0.3) is 127 Å². The lowest BCUT2D eigenvalue weighted by molar-refractivity contribution is 1.05. The minimum atomic E-state index is 0.690. The van der Waals surface area contributed by atoms with Crippen molar-refractivity contribution in [2.45, 2.75) is 0 Å². The highest BCUT2D eigenvalue weighted by Crippen LogP contribution is 2.48. The summed E-state index contributed by atoms with van der Waals surface area (Å²) in [7, 11) is 0. The summed E-state index contributed by atoms with van der Waals surface area (Å²) in [4.78, 5) is 10.4. The first-order valence-electron chi connectivity index (χ1n) is 22.2. The summed E-state index contributed by atoms with van der Waals surface area (Å²) >= 11 is 0. The van der Waals surface area contributed by atoms with Gasteiger partial charge >= 0.3 is 0 Å². The molecule has 11 aromatic carbocycles. The summed E-state index contributed by atoms with van der Waals surface area (Å²) in [6, 6.07) is 85.3. The Balaban J connectivity index is 0.975. The van der Waals surface area contributed by atoms with Gasteiger partial charge < -0.3 is 0 Å². The van der Waals surface area contributed by atoms with Gasteiger partial charge in [-0.25, -0.2) is 9.97 Å². The van der Waals surface area contributed by atoms with Crippen LogP contribution in [0, 0.1) is 0 Å². The maximum Gasteiger partial charge on any atom is 0.162 e. The van der Waals surface area contributed by atoms with Gasteiger partial charge in [-0.15, -0.1) is 0 Å². The first-order valence-corrected chi connectivity index (χ1v) is 22.2. The molecule has 302 valence electrons. The van der Waals surface area contributed by atoms with E-state index in [1.165, 1.54) is 81.7 Å². The Labute approximate surface area is 376 Å². The number of benzene rings is 11. The predicted molar refractivity (Wildman–Crippen MR) is 274 cm³/mol. The van der Waals surface area contributed by atoms with E-state index in [1.807, 2.05) is 18.2 Å². The number of nitrogens with zero attached hydrogens (tertiary/aromatic N) is 3. The Bertz CT molecular complexity index is 3930. The molecule has 0 saturated heterocycles. The van der Waals surface area contributed by atoms with Crippen LogP contribution in [0.4, 0.5) is 0 Å². The van der Waals surface area contributed by atoms with Crippen LogP contribution in [0.1, 0.15) is 0 Å². The standard InChI is InChI=1S/C62H39N3/c1-3-18-43(19-4-1)59-51-27-11-12-28-52(51)60(54-36-35-40-17-7-8-22-46(40)61(54)59)53-38-37-45(47-23-9-10-24-48(47)53)41-31-33-42(34-32-41)55-39-58(64-62(63-55)44-20-5-2-6-21-44)65-56-29-15-13-25-49(56)50-26-14-16-30-57(50)65/h1-39H. The number of hydrogen-bond acceptors (Lipinski definition) is 2. The molecule has 3 nitrogen and oxygen atoms in total. The van der Waals surface area contributed by atoms with Crippen LogP contribution in [0.5, 0.6) is 0 Å². The van der Waals surface area contributed by atoms with E-state index in [0.717, 1.165) is 39.2 Å². The summed E-state index contributed by atoms with van der Waals surface area (Å²) < 4.78 is 2.27. The van der Waals surface area contributed by atoms with Gasteiger partial charge in [0.1, 0.15) is 5.82 Å². The van der Waals surface area contributed by atoms with Gasteiger partial charge in [-0.05, 0) is 88.6 Å². The van der Waals surface area contributed by atoms with Crippen molar-refractivity contribution in [3.8, 4) is 61.8 Å². The van der Waals surface area contributed by atoms with Gasteiger partial charge in [0.15, 0.2) is 5.82 Å². The minimum Gasteiger partial charge on any atom is -0.294 e. The van der Waals surface area contributed by atoms with E-state index >= 15 is 0 Å². The van der Waals surface area contributed by atoms with Crippen molar-refractivity contribution in [2.24, 2.45) is 0 Å². The average Bonchev–Trinajstić information content (AvgIpc) is 3.72. The molecule has 65 heavy (non-hydrogen) atoms. The van der Waals surface area contributed by atoms with E-state index < -0.39 is 0 Å². The largest absolute Gasteiger partial charge is 0.294 e. The van der Waals surface area contributed by atoms with E-state index in [4.69, 9.17) is 9.97 Å². The molecule has 0 bridgehead atoms. The van der Waals surface area contributed by atoms with Gasteiger partial charge in [0.25, 0.3) is 0 Å². The van der Waals surface area contributed by atoms with E-state index in [-0.39, 0.29) is 0 Å². The lowest BCUT2D eigenvalue weighted by atomic mass is 9.82. The molecule has 0 N–H and O–H groups in total. The van der Waals surface area contributed by atoms with Crippen LogP contribution in [0.15, 0.2) is 237 Å². The molecule has 0 saturated carbocycles. The van der Waals surface area contributed by atoms with E-state index in [9.17, 15) is 0 Å². The fourth-order valence-corrected chi connectivity index (χ4v) is 10.3. The van der Waals surface area contributed by atoms with Gasteiger partial charge in [0.2, 0.25) is 0 Å². The third-order valence-electron chi connectivity index (χ3n) is 13.2. The van der Waals surface area contributed by atoms with Crippen LogP contribution >= 0.6 is 0 Å². The van der Waals surface area contributed by atoms with E-state index in [2.05, 4.69) is 223 Å². The number of aromatic nitrogens is 3. The molecule has 0 radical (unpaired) electrons. The molecule has 13 aromatic rings. The zero-order chi connectivity index (χ0) is 42.8. The second-order valence-corrected chi connectivity index (χ2v) is 16.8. The Morgan fingerprint density at radius 3 is 1.48 bits per heavy atom. The lowest BCUT2D eigenvalue weighted by Gasteiger charge is -2.21. The topological polar surface area (TPSA) is 30.7 Å². The zero-order valence-electron chi connectivity index (χ0n) is 35.4. The highest BCUT2D eigenvalue weighted by molar-refractivity contribution is 6.29. The molecule has 0 aliphatic heterocycles. The molecule has 0 aliphatic carbocycles. The summed E-state index contributed by atoms with van der Waals surface area (Å²) in [5, 5.41) is 12.4.